The molecule has 0 atom stereocenters. The summed E-state index contributed by atoms with van der Waals surface area (Å²) >= 11 is 0. The standard InChI is InChI=1S/C36H18N4/c37-18-21-4-10-24(11-5-21)27-16-17-30-33-28(27)2-1-3-29(33)34-31(25-12-6-22(19-38)7-13-25)36(40)32(35(30)34)26-14-8-23(20-39)9-15-26/h1-17,40H. The van der Waals surface area contributed by atoms with Gasteiger partial charge in [-0.25, -0.2) is 0 Å². The molecule has 4 nitrogen and oxygen atoms in total. The number of rotatable bonds is 3. The van der Waals surface area contributed by atoms with Gasteiger partial charge in [-0.2, -0.15) is 15.8 Å². The van der Waals surface area contributed by atoms with Gasteiger partial charge in [0, 0.05) is 22.3 Å². The van der Waals surface area contributed by atoms with E-state index in [-0.39, 0.29) is 0 Å². The van der Waals surface area contributed by atoms with Gasteiger partial charge in [0.2, 0.25) is 0 Å². The molecule has 4 heteroatoms. The van der Waals surface area contributed by atoms with E-state index in [0.717, 1.165) is 66.4 Å². The van der Waals surface area contributed by atoms with Gasteiger partial charge in [0.1, 0.15) is 0 Å². The van der Waals surface area contributed by atoms with Gasteiger partial charge in [-0.1, -0.05) is 66.7 Å². The van der Waals surface area contributed by atoms with Crippen LogP contribution in [-0.2, 0) is 0 Å². The van der Waals surface area contributed by atoms with Gasteiger partial charge in [-0.15, -0.1) is 0 Å². The zero-order chi connectivity index (χ0) is 27.4. The molecule has 0 fully saturated rings. The molecule has 2 aliphatic carbocycles. The van der Waals surface area contributed by atoms with E-state index in [1.54, 1.807) is 24.3 Å². The Morgan fingerprint density at radius 3 is 1.32 bits per heavy atom. The Morgan fingerprint density at radius 2 is 0.850 bits per heavy atom. The molecule has 0 aromatic heterocycles. The Bertz CT molecular complexity index is 2010. The molecular weight excluding hydrogens is 488 g/mol. The number of benzene rings is 5. The van der Waals surface area contributed by atoms with Gasteiger partial charge >= 0.3 is 0 Å². The molecule has 182 valence electrons. The average Bonchev–Trinajstić information content (AvgIpc) is 3.49. The highest BCUT2D eigenvalue weighted by Gasteiger charge is 2.38. The van der Waals surface area contributed by atoms with E-state index in [0.29, 0.717) is 22.4 Å². The van der Waals surface area contributed by atoms with Crippen molar-refractivity contribution in [1.29, 1.82) is 21.2 Å². The van der Waals surface area contributed by atoms with Crippen LogP contribution in [-0.4, -0.2) is 5.71 Å². The smallest absolute Gasteiger partial charge is 0.0991 e. The molecule has 0 heterocycles. The minimum absolute atomic E-state index is 0.429. The summed E-state index contributed by atoms with van der Waals surface area (Å²) in [5.41, 5.74) is 12.0. The summed E-state index contributed by atoms with van der Waals surface area (Å²) in [7, 11) is 0. The van der Waals surface area contributed by atoms with Crippen molar-refractivity contribution in [3.63, 3.8) is 0 Å². The largest absolute Gasteiger partial charge is 0.300 e. The van der Waals surface area contributed by atoms with E-state index in [1.165, 1.54) is 0 Å². The maximum Gasteiger partial charge on any atom is 0.0991 e. The first-order valence-electron chi connectivity index (χ1n) is 12.8. The molecule has 0 saturated heterocycles. The lowest BCUT2D eigenvalue weighted by Gasteiger charge is -2.13. The summed E-state index contributed by atoms with van der Waals surface area (Å²) in [4.78, 5) is 0. The van der Waals surface area contributed by atoms with Crippen LogP contribution in [0.5, 0.6) is 0 Å². The Balaban J connectivity index is 1.53. The van der Waals surface area contributed by atoms with Gasteiger partial charge in [-0.05, 0) is 80.6 Å². The van der Waals surface area contributed by atoms with Gasteiger partial charge in [0.05, 0.1) is 40.6 Å². The fraction of sp³-hybridized carbons (Fsp3) is 0. The summed E-state index contributed by atoms with van der Waals surface area (Å²) in [6.45, 7) is 0. The van der Waals surface area contributed by atoms with Crippen LogP contribution in [0.1, 0.15) is 38.9 Å². The highest BCUT2D eigenvalue weighted by atomic mass is 14.5. The molecule has 0 spiro atoms. The molecule has 0 unspecified atom stereocenters. The lowest BCUT2D eigenvalue weighted by molar-refractivity contribution is 1.47. The predicted octanol–water partition coefficient (Wildman–Crippen LogP) is 7.99. The van der Waals surface area contributed by atoms with Crippen molar-refractivity contribution in [2.45, 2.75) is 0 Å². The molecule has 0 bridgehead atoms. The lowest BCUT2D eigenvalue weighted by Crippen LogP contribution is -2.02. The maximum absolute atomic E-state index is 9.41. The molecule has 1 N–H and O–H groups in total. The van der Waals surface area contributed by atoms with E-state index in [9.17, 15) is 21.2 Å². The Hall–Kier alpha value is -6.02. The summed E-state index contributed by atoms with van der Waals surface area (Å²) in [5, 5.41) is 39.6. The Labute approximate surface area is 231 Å². The van der Waals surface area contributed by atoms with Crippen molar-refractivity contribution in [1.82, 2.24) is 0 Å². The second-order valence-corrected chi connectivity index (χ2v) is 9.83. The molecule has 0 saturated carbocycles. The summed E-state index contributed by atoms with van der Waals surface area (Å²) in [6, 6.07) is 39.6. The topological polar surface area (TPSA) is 95.2 Å². The van der Waals surface area contributed by atoms with Crippen molar-refractivity contribution in [3.8, 4) is 29.3 Å². The van der Waals surface area contributed by atoms with Gasteiger partial charge in [0.25, 0.3) is 0 Å². The first-order valence-corrected chi connectivity index (χ1v) is 12.8. The minimum Gasteiger partial charge on any atom is -0.300 e. The van der Waals surface area contributed by atoms with Crippen molar-refractivity contribution < 1.29 is 0 Å². The summed E-state index contributed by atoms with van der Waals surface area (Å²) in [6.07, 6.45) is 0. The third-order valence-corrected chi connectivity index (χ3v) is 7.76. The highest BCUT2D eigenvalue weighted by molar-refractivity contribution is 6.62. The van der Waals surface area contributed by atoms with Crippen LogP contribution in [0, 0.1) is 39.4 Å². The fourth-order valence-corrected chi connectivity index (χ4v) is 5.96. The SMILES string of the molecule is N#Cc1ccc(C2=C3C(=C(c4ccc(C#N)cc4)C2=N)c2ccc(-c4ccc(C#N)cc4)c4cccc3c24)cc1. The molecule has 40 heavy (non-hydrogen) atoms. The van der Waals surface area contributed by atoms with Crippen LogP contribution in [0.4, 0.5) is 0 Å². The van der Waals surface area contributed by atoms with Crippen LogP contribution in [0.15, 0.2) is 103 Å². The highest BCUT2D eigenvalue weighted by Crippen LogP contribution is 2.57. The third-order valence-electron chi connectivity index (χ3n) is 7.76. The van der Waals surface area contributed by atoms with Crippen LogP contribution in [0.2, 0.25) is 0 Å². The van der Waals surface area contributed by atoms with Gasteiger partial charge < -0.3 is 0 Å². The zero-order valence-electron chi connectivity index (χ0n) is 21.2. The number of fused-ring (bicyclic) bond motifs is 3. The molecule has 5 aromatic rings. The Kier molecular flexibility index (Phi) is 5.08. The molecule has 0 radical (unpaired) electrons. The minimum atomic E-state index is 0.429. The normalized spacial score (nSPS) is 13.3. The summed E-state index contributed by atoms with van der Waals surface area (Å²) in [5.74, 6) is 0. The van der Waals surface area contributed by atoms with Crippen LogP contribution in [0.3, 0.4) is 0 Å². The van der Waals surface area contributed by atoms with E-state index >= 15 is 0 Å². The van der Waals surface area contributed by atoms with Crippen molar-refractivity contribution in [2.24, 2.45) is 0 Å². The molecule has 0 amide bonds. The predicted molar refractivity (Wildman–Crippen MR) is 158 cm³/mol. The monoisotopic (exact) mass is 506 g/mol. The van der Waals surface area contributed by atoms with Crippen LogP contribution >= 0.6 is 0 Å². The summed E-state index contributed by atoms with van der Waals surface area (Å²) < 4.78 is 0. The first kappa shape index (κ1) is 23.1. The third kappa shape index (κ3) is 3.26. The van der Waals surface area contributed by atoms with Crippen LogP contribution < -0.4 is 0 Å². The molecule has 2 aliphatic rings. The molecule has 5 aromatic carbocycles. The fourth-order valence-electron chi connectivity index (χ4n) is 5.96. The number of allylic oxidation sites excluding steroid dienone is 4. The zero-order valence-corrected chi connectivity index (χ0v) is 21.2. The molecule has 7 rings (SSSR count). The quantitative estimate of drug-likeness (QED) is 0.269. The number of nitriles is 3. The van der Waals surface area contributed by atoms with Crippen LogP contribution in [0.25, 0.3) is 44.2 Å². The first-order chi connectivity index (χ1) is 19.6. The molecule has 0 aliphatic heterocycles. The van der Waals surface area contributed by atoms with E-state index in [2.05, 4.69) is 48.5 Å². The number of hydrogen-bond donors (Lipinski definition) is 1. The number of nitrogens with one attached hydrogen (secondary N) is 1. The van der Waals surface area contributed by atoms with Crippen molar-refractivity contribution >= 4 is 38.8 Å². The van der Waals surface area contributed by atoms with E-state index < -0.39 is 0 Å². The van der Waals surface area contributed by atoms with Crippen molar-refractivity contribution in [3.05, 3.63) is 142 Å². The Morgan fingerprint density at radius 1 is 0.425 bits per heavy atom. The average molecular weight is 507 g/mol. The second kappa shape index (κ2) is 8.78. The van der Waals surface area contributed by atoms with E-state index in [4.69, 9.17) is 0 Å². The van der Waals surface area contributed by atoms with Gasteiger partial charge in [0.15, 0.2) is 0 Å². The number of hydrogen-bond acceptors (Lipinski definition) is 4. The van der Waals surface area contributed by atoms with E-state index in [1.807, 2.05) is 48.5 Å². The maximum atomic E-state index is 9.41. The number of nitrogens with zero attached hydrogens (tertiary/aromatic N) is 3. The van der Waals surface area contributed by atoms with Gasteiger partial charge in [-0.3, -0.25) is 5.41 Å². The second-order valence-electron chi connectivity index (χ2n) is 9.83. The van der Waals surface area contributed by atoms with Crippen molar-refractivity contribution in [2.75, 3.05) is 0 Å². The molecular formula is C36H18N4. The lowest BCUT2D eigenvalue weighted by atomic mass is 9.90.